The fourth-order valence-corrected chi connectivity index (χ4v) is 2.32. The average Bonchev–Trinajstić information content (AvgIpc) is 2.71. The first-order chi connectivity index (χ1) is 8.83. The highest BCUT2D eigenvalue weighted by Gasteiger charge is 2.17. The van der Waals surface area contributed by atoms with Crippen LogP contribution in [0.4, 0.5) is 0 Å². The van der Waals surface area contributed by atoms with Crippen LogP contribution in [-0.4, -0.2) is 53.5 Å². The van der Waals surface area contributed by atoms with Crippen LogP contribution in [0.2, 0.25) is 0 Å². The normalized spacial score (nSPS) is 11.9. The topological polar surface area (TPSA) is 105 Å². The molecule has 9 heteroatoms. The van der Waals surface area contributed by atoms with E-state index in [1.54, 1.807) is 12.4 Å². The van der Waals surface area contributed by atoms with Crippen molar-refractivity contribution in [3.05, 3.63) is 18.2 Å². The smallest absolute Gasteiger partial charge is 0.304 e. The molecule has 0 spiro atoms. The maximum absolute atomic E-state index is 11.8. The van der Waals surface area contributed by atoms with E-state index in [1.165, 1.54) is 7.05 Å². The molecule has 0 amide bonds. The second kappa shape index (κ2) is 6.64. The van der Waals surface area contributed by atoms with Gasteiger partial charge in [0.2, 0.25) is 0 Å². The zero-order valence-electron chi connectivity index (χ0n) is 10.9. The molecule has 108 valence electrons. The molecule has 0 aromatic carbocycles. The molecular formula is C10H18N4O4S. The van der Waals surface area contributed by atoms with Crippen molar-refractivity contribution < 1.29 is 18.3 Å². The number of nitrogens with one attached hydrogen (secondary N) is 1. The number of carboxylic acid groups (broad SMARTS) is 1. The monoisotopic (exact) mass is 290 g/mol. The Kier molecular flexibility index (Phi) is 5.45. The summed E-state index contributed by atoms with van der Waals surface area (Å²) in [7, 11) is -0.471. The van der Waals surface area contributed by atoms with Crippen LogP contribution in [0.3, 0.4) is 0 Å². The van der Waals surface area contributed by atoms with Gasteiger partial charge >= 0.3 is 5.97 Å². The highest BCUT2D eigenvalue weighted by atomic mass is 32.2. The number of aliphatic carboxylic acids is 1. The van der Waals surface area contributed by atoms with Crippen LogP contribution >= 0.6 is 0 Å². The van der Waals surface area contributed by atoms with Crippen molar-refractivity contribution in [2.75, 3.05) is 20.1 Å². The Morgan fingerprint density at radius 1 is 1.58 bits per heavy atom. The third-order valence-electron chi connectivity index (χ3n) is 2.60. The second-order valence-corrected chi connectivity index (χ2v) is 5.93. The lowest BCUT2D eigenvalue weighted by Gasteiger charge is -2.16. The van der Waals surface area contributed by atoms with Gasteiger partial charge in [0.15, 0.2) is 0 Å². The minimum Gasteiger partial charge on any atom is -0.481 e. The van der Waals surface area contributed by atoms with Crippen LogP contribution in [0, 0.1) is 0 Å². The van der Waals surface area contributed by atoms with E-state index in [0.29, 0.717) is 6.42 Å². The Morgan fingerprint density at radius 2 is 2.26 bits per heavy atom. The zero-order valence-corrected chi connectivity index (χ0v) is 11.7. The van der Waals surface area contributed by atoms with Crippen LogP contribution in [-0.2, 0) is 28.5 Å². The number of hydrogen-bond acceptors (Lipinski definition) is 4. The van der Waals surface area contributed by atoms with Gasteiger partial charge < -0.3 is 9.67 Å². The van der Waals surface area contributed by atoms with Gasteiger partial charge in [-0.2, -0.15) is 12.7 Å². The predicted molar refractivity (Wildman–Crippen MR) is 68.7 cm³/mol. The molecule has 19 heavy (non-hydrogen) atoms. The summed E-state index contributed by atoms with van der Waals surface area (Å²) < 4.78 is 28.7. The maximum Gasteiger partial charge on any atom is 0.304 e. The summed E-state index contributed by atoms with van der Waals surface area (Å²) in [6.07, 6.45) is 3.66. The summed E-state index contributed by atoms with van der Waals surface area (Å²) >= 11 is 0. The fourth-order valence-electron chi connectivity index (χ4n) is 1.41. The molecule has 0 aliphatic carbocycles. The lowest BCUT2D eigenvalue weighted by atomic mass is 10.4. The second-order valence-electron chi connectivity index (χ2n) is 4.07. The summed E-state index contributed by atoms with van der Waals surface area (Å²) in [6.45, 7) is 0.150. The molecule has 0 aliphatic heterocycles. The molecule has 0 saturated heterocycles. The van der Waals surface area contributed by atoms with Crippen molar-refractivity contribution in [2.24, 2.45) is 7.05 Å². The van der Waals surface area contributed by atoms with Gasteiger partial charge in [-0.1, -0.05) is 0 Å². The SMILES string of the molecule is CN(CCC(=O)O)S(=O)(=O)NCCc1nccn1C. The number of hydrogen-bond donors (Lipinski definition) is 2. The third-order valence-corrected chi connectivity index (χ3v) is 4.18. The predicted octanol–water partition coefficient (Wildman–Crippen LogP) is -0.796. The Balaban J connectivity index is 2.42. The Bertz CT molecular complexity index is 525. The van der Waals surface area contributed by atoms with Gasteiger partial charge in [0, 0.05) is 46.0 Å². The number of rotatable bonds is 8. The standard InChI is InChI=1S/C10H18N4O4S/c1-13-8-6-11-9(13)3-5-12-19(17,18)14(2)7-4-10(15)16/h6,8,12H,3-5,7H2,1-2H3,(H,15,16). The Labute approximate surface area is 112 Å². The van der Waals surface area contributed by atoms with E-state index >= 15 is 0 Å². The van der Waals surface area contributed by atoms with Crippen LogP contribution in [0.1, 0.15) is 12.2 Å². The molecule has 2 N–H and O–H groups in total. The molecule has 1 aromatic heterocycles. The van der Waals surface area contributed by atoms with Crippen molar-refractivity contribution in [3.8, 4) is 0 Å². The number of aryl methyl sites for hydroxylation is 1. The van der Waals surface area contributed by atoms with Crippen LogP contribution < -0.4 is 4.72 Å². The summed E-state index contributed by atoms with van der Waals surface area (Å²) in [5.74, 6) is -0.258. The molecular weight excluding hydrogens is 272 g/mol. The first kappa shape index (κ1) is 15.6. The lowest BCUT2D eigenvalue weighted by molar-refractivity contribution is -0.137. The molecule has 1 aromatic rings. The number of nitrogens with zero attached hydrogens (tertiary/aromatic N) is 3. The van der Waals surface area contributed by atoms with Gasteiger partial charge in [-0.3, -0.25) is 4.79 Å². The molecule has 8 nitrogen and oxygen atoms in total. The highest BCUT2D eigenvalue weighted by Crippen LogP contribution is 1.98. The van der Waals surface area contributed by atoms with E-state index in [2.05, 4.69) is 9.71 Å². The quantitative estimate of drug-likeness (QED) is 0.652. The van der Waals surface area contributed by atoms with Gasteiger partial charge in [-0.25, -0.2) is 9.71 Å². The summed E-state index contributed by atoms with van der Waals surface area (Å²) in [6, 6.07) is 0. The number of carboxylic acids is 1. The first-order valence-electron chi connectivity index (χ1n) is 5.72. The molecule has 0 fully saturated rings. The van der Waals surface area contributed by atoms with Crippen LogP contribution in [0.15, 0.2) is 12.4 Å². The molecule has 0 saturated carbocycles. The van der Waals surface area contributed by atoms with Crippen molar-refractivity contribution in [1.82, 2.24) is 18.6 Å². The fraction of sp³-hybridized carbons (Fsp3) is 0.600. The minimum atomic E-state index is -3.64. The number of imidazole rings is 1. The summed E-state index contributed by atoms with van der Waals surface area (Å²) in [5.41, 5.74) is 0. The molecule has 0 radical (unpaired) electrons. The Hall–Kier alpha value is -1.45. The Morgan fingerprint density at radius 3 is 2.79 bits per heavy atom. The van der Waals surface area contributed by atoms with Crippen molar-refractivity contribution in [3.63, 3.8) is 0 Å². The highest BCUT2D eigenvalue weighted by molar-refractivity contribution is 7.87. The van der Waals surface area contributed by atoms with Crippen molar-refractivity contribution in [1.29, 1.82) is 0 Å². The zero-order chi connectivity index (χ0) is 14.5. The lowest BCUT2D eigenvalue weighted by Crippen LogP contribution is -2.40. The molecule has 1 heterocycles. The molecule has 0 bridgehead atoms. The maximum atomic E-state index is 11.8. The van der Waals surface area contributed by atoms with Crippen molar-refractivity contribution in [2.45, 2.75) is 12.8 Å². The summed E-state index contributed by atoms with van der Waals surface area (Å²) in [5, 5.41) is 8.51. The molecule has 0 aliphatic rings. The van der Waals surface area contributed by atoms with Gasteiger partial charge in [0.05, 0.1) is 6.42 Å². The average molecular weight is 290 g/mol. The van der Waals surface area contributed by atoms with Gasteiger partial charge in [-0.15, -0.1) is 0 Å². The van der Waals surface area contributed by atoms with Gasteiger partial charge in [0.1, 0.15) is 5.82 Å². The van der Waals surface area contributed by atoms with Crippen molar-refractivity contribution >= 4 is 16.2 Å². The van der Waals surface area contributed by atoms with E-state index in [9.17, 15) is 13.2 Å². The van der Waals surface area contributed by atoms with E-state index in [1.807, 2.05) is 11.6 Å². The molecule has 0 atom stereocenters. The van der Waals surface area contributed by atoms with Crippen LogP contribution in [0.5, 0.6) is 0 Å². The van der Waals surface area contributed by atoms with E-state index in [0.717, 1.165) is 10.1 Å². The molecule has 0 unspecified atom stereocenters. The largest absolute Gasteiger partial charge is 0.481 e. The molecule has 1 rings (SSSR count). The number of aromatic nitrogens is 2. The first-order valence-corrected chi connectivity index (χ1v) is 7.16. The minimum absolute atomic E-state index is 0.0624. The van der Waals surface area contributed by atoms with Crippen LogP contribution in [0.25, 0.3) is 0 Å². The van der Waals surface area contributed by atoms with E-state index in [-0.39, 0.29) is 19.5 Å². The van der Waals surface area contributed by atoms with Gasteiger partial charge in [0.25, 0.3) is 10.2 Å². The van der Waals surface area contributed by atoms with E-state index < -0.39 is 16.2 Å². The van der Waals surface area contributed by atoms with E-state index in [4.69, 9.17) is 5.11 Å². The third kappa shape index (κ3) is 4.97. The summed E-state index contributed by atoms with van der Waals surface area (Å²) in [4.78, 5) is 14.5. The number of carbonyl (C=O) groups is 1. The van der Waals surface area contributed by atoms with Gasteiger partial charge in [-0.05, 0) is 0 Å².